The second-order valence-corrected chi connectivity index (χ2v) is 7.55. The molecule has 0 unspecified atom stereocenters. The highest BCUT2D eigenvalue weighted by Gasteiger charge is 2.12. The van der Waals surface area contributed by atoms with Crippen LogP contribution >= 0.6 is 11.8 Å². The zero-order valence-corrected chi connectivity index (χ0v) is 16.2. The summed E-state index contributed by atoms with van der Waals surface area (Å²) >= 11 is 1.70. The molecule has 0 amide bonds. The lowest BCUT2D eigenvalue weighted by Gasteiger charge is -2.16. The molecule has 1 N–H and O–H groups in total. The van der Waals surface area contributed by atoms with Gasteiger partial charge < -0.3 is 9.88 Å². The normalized spacial score (nSPS) is 10.9. The molecule has 0 aliphatic rings. The molecule has 2 aromatic carbocycles. The van der Waals surface area contributed by atoms with Crippen LogP contribution in [0.5, 0.6) is 0 Å². The molecule has 0 radical (unpaired) electrons. The summed E-state index contributed by atoms with van der Waals surface area (Å²) in [6.07, 6.45) is 1.76. The molecular weight excluding hydrogens is 366 g/mol. The third-order valence-electron chi connectivity index (χ3n) is 4.18. The average molecular weight is 386 g/mol. The molecule has 0 bridgehead atoms. The van der Waals surface area contributed by atoms with E-state index >= 15 is 0 Å². The summed E-state index contributed by atoms with van der Waals surface area (Å²) < 4.78 is 28.8. The van der Waals surface area contributed by atoms with Crippen molar-refractivity contribution >= 4 is 23.1 Å². The summed E-state index contributed by atoms with van der Waals surface area (Å²) in [5, 5.41) is 3.05. The van der Waals surface area contributed by atoms with Crippen molar-refractivity contribution in [2.24, 2.45) is 7.05 Å². The maximum Gasteiger partial charge on any atom is 0.253 e. The number of halogens is 2. The van der Waals surface area contributed by atoms with Gasteiger partial charge in [-0.1, -0.05) is 6.92 Å². The van der Waals surface area contributed by atoms with E-state index in [9.17, 15) is 13.6 Å². The van der Waals surface area contributed by atoms with Gasteiger partial charge >= 0.3 is 0 Å². The van der Waals surface area contributed by atoms with Crippen molar-refractivity contribution in [3.63, 3.8) is 0 Å². The predicted molar refractivity (Wildman–Crippen MR) is 108 cm³/mol. The van der Waals surface area contributed by atoms with Crippen LogP contribution in [-0.4, -0.2) is 10.3 Å². The van der Waals surface area contributed by atoms with Crippen molar-refractivity contribution < 1.29 is 8.78 Å². The van der Waals surface area contributed by atoms with Crippen LogP contribution in [0, 0.1) is 18.6 Å². The van der Waals surface area contributed by atoms with E-state index in [0.717, 1.165) is 27.8 Å². The van der Waals surface area contributed by atoms with Gasteiger partial charge in [-0.15, -0.1) is 11.8 Å². The molecule has 0 saturated carbocycles. The number of hydrogen-bond donors (Lipinski definition) is 1. The fourth-order valence-corrected chi connectivity index (χ4v) is 3.59. The number of rotatable bonds is 5. The molecule has 0 aliphatic carbocycles. The predicted octanol–water partition coefficient (Wildman–Crippen LogP) is 5.49. The molecule has 3 rings (SSSR count). The lowest BCUT2D eigenvalue weighted by Crippen LogP contribution is -2.18. The van der Waals surface area contributed by atoms with Gasteiger partial charge in [0.2, 0.25) is 0 Å². The van der Waals surface area contributed by atoms with E-state index in [1.54, 1.807) is 31.9 Å². The molecule has 3 aromatic rings. The molecule has 140 valence electrons. The van der Waals surface area contributed by atoms with Crippen LogP contribution in [0.4, 0.5) is 20.2 Å². The van der Waals surface area contributed by atoms with Crippen LogP contribution in [0.15, 0.2) is 58.4 Å². The molecule has 0 spiro atoms. The number of nitrogens with one attached hydrogen (secondary N) is 1. The zero-order valence-electron chi connectivity index (χ0n) is 15.3. The smallest absolute Gasteiger partial charge is 0.253 e. The number of aryl methyl sites for hydroxylation is 2. The van der Waals surface area contributed by atoms with Crippen molar-refractivity contribution in [3.8, 4) is 11.1 Å². The van der Waals surface area contributed by atoms with E-state index in [4.69, 9.17) is 0 Å². The van der Waals surface area contributed by atoms with Gasteiger partial charge in [0.15, 0.2) is 0 Å². The van der Waals surface area contributed by atoms with Gasteiger partial charge in [-0.2, -0.15) is 0 Å². The number of thioether (sulfide) groups is 1. The number of pyridine rings is 1. The maximum absolute atomic E-state index is 14.1. The molecule has 0 fully saturated rings. The van der Waals surface area contributed by atoms with E-state index in [1.807, 2.05) is 24.3 Å². The third kappa shape index (κ3) is 4.22. The third-order valence-corrected chi connectivity index (χ3v) is 5.05. The minimum Gasteiger partial charge on any atom is -0.353 e. The SMILES string of the molecule is CCSc1ccc(Nc2ccc(F)cc2F)c(-c2cc(C)c(=O)n(C)c2)c1. The van der Waals surface area contributed by atoms with Crippen LogP contribution in [0.3, 0.4) is 0 Å². The number of benzene rings is 2. The largest absolute Gasteiger partial charge is 0.353 e. The first-order chi connectivity index (χ1) is 12.9. The lowest BCUT2D eigenvalue weighted by atomic mass is 10.0. The standard InChI is InChI=1S/C21H20F2N2OS/c1-4-27-16-6-8-19(24-20-7-5-15(22)10-18(20)23)17(11-16)14-9-13(2)21(26)25(3)12-14/h5-12,24H,4H2,1-3H3. The van der Waals surface area contributed by atoms with E-state index < -0.39 is 11.6 Å². The van der Waals surface area contributed by atoms with Crippen LogP contribution in [0.25, 0.3) is 11.1 Å². The summed E-state index contributed by atoms with van der Waals surface area (Å²) in [5.74, 6) is -0.364. The Morgan fingerprint density at radius 3 is 2.48 bits per heavy atom. The number of anilines is 2. The Kier molecular flexibility index (Phi) is 5.65. The Balaban J connectivity index is 2.12. The van der Waals surface area contributed by atoms with Gasteiger partial charge in [0.05, 0.1) is 5.69 Å². The minimum atomic E-state index is -0.662. The molecule has 1 aromatic heterocycles. The van der Waals surface area contributed by atoms with Gasteiger partial charge in [-0.25, -0.2) is 8.78 Å². The minimum absolute atomic E-state index is 0.0584. The van der Waals surface area contributed by atoms with Crippen molar-refractivity contribution in [1.82, 2.24) is 4.57 Å². The maximum atomic E-state index is 14.1. The molecule has 3 nitrogen and oxygen atoms in total. The second-order valence-electron chi connectivity index (χ2n) is 6.22. The first-order valence-electron chi connectivity index (χ1n) is 8.55. The molecule has 6 heteroatoms. The molecule has 1 heterocycles. The Hall–Kier alpha value is -2.60. The van der Waals surface area contributed by atoms with E-state index in [0.29, 0.717) is 11.3 Å². The molecule has 0 aliphatic heterocycles. The fraction of sp³-hybridized carbons (Fsp3) is 0.190. The number of nitrogens with zero attached hydrogens (tertiary/aromatic N) is 1. The monoisotopic (exact) mass is 386 g/mol. The highest BCUT2D eigenvalue weighted by Crippen LogP contribution is 2.34. The van der Waals surface area contributed by atoms with E-state index in [2.05, 4.69) is 12.2 Å². The van der Waals surface area contributed by atoms with Crippen LogP contribution in [0.1, 0.15) is 12.5 Å². The Labute approximate surface area is 161 Å². The van der Waals surface area contributed by atoms with E-state index in [-0.39, 0.29) is 11.2 Å². The summed E-state index contributed by atoms with van der Waals surface area (Å²) in [5.41, 5.74) is 3.13. The molecule has 0 saturated heterocycles. The summed E-state index contributed by atoms with van der Waals surface area (Å²) in [4.78, 5) is 13.1. The van der Waals surface area contributed by atoms with Crippen LogP contribution < -0.4 is 10.9 Å². The number of aromatic nitrogens is 1. The molecule has 0 atom stereocenters. The van der Waals surface area contributed by atoms with Gasteiger partial charge in [0.1, 0.15) is 11.6 Å². The van der Waals surface area contributed by atoms with Gasteiger partial charge in [0.25, 0.3) is 5.56 Å². The fourth-order valence-electron chi connectivity index (χ4n) is 2.89. The zero-order chi connectivity index (χ0) is 19.6. The van der Waals surface area contributed by atoms with Crippen molar-refractivity contribution in [2.45, 2.75) is 18.7 Å². The Morgan fingerprint density at radius 2 is 1.81 bits per heavy atom. The first kappa shape index (κ1) is 19.2. The summed E-state index contributed by atoms with van der Waals surface area (Å²) in [6, 6.07) is 11.1. The lowest BCUT2D eigenvalue weighted by molar-refractivity contribution is 0.586. The second kappa shape index (κ2) is 7.96. The highest BCUT2D eigenvalue weighted by atomic mass is 32.2. The molecule has 27 heavy (non-hydrogen) atoms. The van der Waals surface area contributed by atoms with Gasteiger partial charge in [0, 0.05) is 46.6 Å². The number of hydrogen-bond acceptors (Lipinski definition) is 3. The van der Waals surface area contributed by atoms with Crippen molar-refractivity contribution in [1.29, 1.82) is 0 Å². The Bertz CT molecular complexity index is 1020. The summed E-state index contributed by atoms with van der Waals surface area (Å²) in [6.45, 7) is 3.84. The van der Waals surface area contributed by atoms with Crippen molar-refractivity contribution in [3.05, 3.63) is 76.2 Å². The van der Waals surface area contributed by atoms with E-state index in [1.165, 1.54) is 16.7 Å². The average Bonchev–Trinajstić information content (AvgIpc) is 2.63. The van der Waals surface area contributed by atoms with Crippen LogP contribution in [0.2, 0.25) is 0 Å². The van der Waals surface area contributed by atoms with Gasteiger partial charge in [-0.05, 0) is 49.1 Å². The highest BCUT2D eigenvalue weighted by molar-refractivity contribution is 7.99. The molecular formula is C21H20F2N2OS. The van der Waals surface area contributed by atoms with Crippen LogP contribution in [-0.2, 0) is 7.05 Å². The quantitative estimate of drug-likeness (QED) is 0.589. The Morgan fingerprint density at radius 1 is 1.07 bits per heavy atom. The van der Waals surface area contributed by atoms with Gasteiger partial charge in [-0.3, -0.25) is 4.79 Å². The topological polar surface area (TPSA) is 34.0 Å². The summed E-state index contributed by atoms with van der Waals surface area (Å²) in [7, 11) is 1.70. The first-order valence-corrected chi connectivity index (χ1v) is 9.54. The van der Waals surface area contributed by atoms with Crippen molar-refractivity contribution in [2.75, 3.05) is 11.1 Å².